The SMILES string of the molecule is CCOc1ccc(CCc2ccc(OCCCCCC(CCCCCOc3ccc(CCc4ccc(OCC)c(F)c4F)cc3)C(F)(F)F)cc2)c(F)c1F. The van der Waals surface area contributed by atoms with Gasteiger partial charge in [-0.15, -0.1) is 0 Å². The van der Waals surface area contributed by atoms with E-state index in [9.17, 15) is 30.7 Å². The lowest BCUT2D eigenvalue weighted by Crippen LogP contribution is -2.23. The van der Waals surface area contributed by atoms with E-state index in [0.29, 0.717) is 88.9 Å². The van der Waals surface area contributed by atoms with Crippen molar-refractivity contribution in [3.05, 3.63) is 118 Å². The summed E-state index contributed by atoms with van der Waals surface area (Å²) in [6.07, 6.45) is 1.03. The first-order chi connectivity index (χ1) is 26.5. The molecule has 0 fully saturated rings. The molecule has 0 radical (unpaired) electrons. The summed E-state index contributed by atoms with van der Waals surface area (Å²) in [6, 6.07) is 20.6. The monoisotopic (exact) mass is 776 g/mol. The molecule has 55 heavy (non-hydrogen) atoms. The highest BCUT2D eigenvalue weighted by Gasteiger charge is 2.38. The van der Waals surface area contributed by atoms with Crippen LogP contribution < -0.4 is 18.9 Å². The fourth-order valence-corrected chi connectivity index (χ4v) is 6.32. The minimum atomic E-state index is -4.24. The van der Waals surface area contributed by atoms with Crippen molar-refractivity contribution in [1.29, 1.82) is 0 Å². The number of unbranched alkanes of at least 4 members (excludes halogenated alkanes) is 4. The maximum atomic E-state index is 14.4. The Balaban J connectivity index is 1.06. The number of alkyl halides is 3. The average molecular weight is 777 g/mol. The molecule has 4 aromatic carbocycles. The first-order valence-corrected chi connectivity index (χ1v) is 19.2. The summed E-state index contributed by atoms with van der Waals surface area (Å²) in [5.41, 5.74) is 2.42. The van der Waals surface area contributed by atoms with E-state index in [4.69, 9.17) is 18.9 Å². The van der Waals surface area contributed by atoms with Crippen LogP contribution in [0.5, 0.6) is 23.0 Å². The van der Waals surface area contributed by atoms with Crippen molar-refractivity contribution >= 4 is 0 Å². The predicted molar refractivity (Wildman–Crippen MR) is 200 cm³/mol. The maximum absolute atomic E-state index is 14.4. The van der Waals surface area contributed by atoms with Gasteiger partial charge >= 0.3 is 6.18 Å². The number of rotatable bonds is 24. The van der Waals surface area contributed by atoms with Gasteiger partial charge in [0.05, 0.1) is 32.3 Å². The molecule has 0 aliphatic carbocycles. The van der Waals surface area contributed by atoms with Crippen LogP contribution in [-0.2, 0) is 25.7 Å². The Labute approximate surface area is 320 Å². The molecule has 0 atom stereocenters. The Hall–Kier alpha value is -4.41. The summed E-state index contributed by atoms with van der Waals surface area (Å²) in [6.45, 7) is 4.67. The van der Waals surface area contributed by atoms with E-state index < -0.39 is 35.4 Å². The molecular formula is C44H51F7O4. The Morgan fingerprint density at radius 1 is 0.455 bits per heavy atom. The van der Waals surface area contributed by atoms with Crippen LogP contribution >= 0.6 is 0 Å². The first-order valence-electron chi connectivity index (χ1n) is 19.2. The van der Waals surface area contributed by atoms with Crippen molar-refractivity contribution in [2.24, 2.45) is 5.92 Å². The van der Waals surface area contributed by atoms with E-state index in [2.05, 4.69) is 0 Å². The van der Waals surface area contributed by atoms with E-state index in [-0.39, 0.29) is 48.7 Å². The van der Waals surface area contributed by atoms with Crippen molar-refractivity contribution in [3.63, 3.8) is 0 Å². The van der Waals surface area contributed by atoms with Crippen LogP contribution in [0, 0.1) is 29.2 Å². The quantitative estimate of drug-likeness (QED) is 0.0525. The zero-order valence-electron chi connectivity index (χ0n) is 31.6. The maximum Gasteiger partial charge on any atom is 0.391 e. The molecule has 0 saturated carbocycles. The van der Waals surface area contributed by atoms with Gasteiger partial charge in [-0.3, -0.25) is 0 Å². The molecule has 0 aliphatic heterocycles. The van der Waals surface area contributed by atoms with Gasteiger partial charge in [-0.05, 0) is 124 Å². The van der Waals surface area contributed by atoms with E-state index in [1.165, 1.54) is 24.3 Å². The molecule has 4 aromatic rings. The third-order valence-corrected chi connectivity index (χ3v) is 9.46. The molecular weight excluding hydrogens is 725 g/mol. The van der Waals surface area contributed by atoms with Gasteiger partial charge in [-0.1, -0.05) is 62.1 Å². The van der Waals surface area contributed by atoms with Crippen molar-refractivity contribution < 1.29 is 49.7 Å². The lowest BCUT2D eigenvalue weighted by atomic mass is 9.94. The van der Waals surface area contributed by atoms with Crippen LogP contribution in [0.2, 0.25) is 0 Å². The van der Waals surface area contributed by atoms with E-state index in [0.717, 1.165) is 11.1 Å². The lowest BCUT2D eigenvalue weighted by molar-refractivity contribution is -0.178. The van der Waals surface area contributed by atoms with Gasteiger partial charge in [-0.25, -0.2) is 8.78 Å². The Kier molecular flexibility index (Phi) is 17.5. The van der Waals surface area contributed by atoms with Crippen molar-refractivity contribution in [2.45, 2.75) is 97.1 Å². The highest BCUT2D eigenvalue weighted by Crippen LogP contribution is 2.34. The van der Waals surface area contributed by atoms with Gasteiger partial charge in [0.1, 0.15) is 11.5 Å². The third kappa shape index (κ3) is 14.0. The number of hydrogen-bond donors (Lipinski definition) is 0. The van der Waals surface area contributed by atoms with Crippen LogP contribution in [0.15, 0.2) is 72.8 Å². The number of halogens is 7. The van der Waals surface area contributed by atoms with Gasteiger partial charge < -0.3 is 18.9 Å². The fraction of sp³-hybridized carbons (Fsp3) is 0.455. The summed E-state index contributed by atoms with van der Waals surface area (Å²) in [5.74, 6) is -4.01. The molecule has 0 N–H and O–H groups in total. The van der Waals surface area contributed by atoms with Crippen LogP contribution in [0.25, 0.3) is 0 Å². The van der Waals surface area contributed by atoms with Crippen molar-refractivity contribution in [2.75, 3.05) is 26.4 Å². The summed E-state index contributed by atoms with van der Waals surface area (Å²) < 4.78 is 120. The minimum Gasteiger partial charge on any atom is -0.494 e. The van der Waals surface area contributed by atoms with E-state index >= 15 is 0 Å². The molecule has 0 unspecified atom stereocenters. The Morgan fingerprint density at radius 3 is 1.22 bits per heavy atom. The predicted octanol–water partition coefficient (Wildman–Crippen LogP) is 12.4. The second-order valence-electron chi connectivity index (χ2n) is 13.5. The van der Waals surface area contributed by atoms with Crippen LogP contribution in [0.1, 0.15) is 87.5 Å². The normalized spacial score (nSPS) is 11.6. The molecule has 0 saturated heterocycles. The topological polar surface area (TPSA) is 36.9 Å². The second kappa shape index (κ2) is 22.2. The van der Waals surface area contributed by atoms with Gasteiger partial charge in [-0.2, -0.15) is 22.0 Å². The fourth-order valence-electron chi connectivity index (χ4n) is 6.32. The molecule has 4 nitrogen and oxygen atoms in total. The number of hydrogen-bond acceptors (Lipinski definition) is 4. The smallest absolute Gasteiger partial charge is 0.391 e. The molecule has 0 bridgehead atoms. The van der Waals surface area contributed by atoms with E-state index in [1.807, 2.05) is 24.3 Å². The van der Waals surface area contributed by atoms with Gasteiger partial charge in [0.15, 0.2) is 23.1 Å². The highest BCUT2D eigenvalue weighted by molar-refractivity contribution is 5.34. The highest BCUT2D eigenvalue weighted by atomic mass is 19.4. The molecule has 0 aromatic heterocycles. The average Bonchev–Trinajstić information content (AvgIpc) is 3.17. The molecule has 0 spiro atoms. The number of aryl methyl sites for hydroxylation is 4. The van der Waals surface area contributed by atoms with Gasteiger partial charge in [0, 0.05) is 0 Å². The largest absolute Gasteiger partial charge is 0.494 e. The molecule has 4 rings (SSSR count). The zero-order chi connectivity index (χ0) is 39.6. The zero-order valence-corrected chi connectivity index (χ0v) is 31.6. The second-order valence-corrected chi connectivity index (χ2v) is 13.5. The first kappa shape index (κ1) is 43.3. The van der Waals surface area contributed by atoms with Crippen LogP contribution in [0.4, 0.5) is 30.7 Å². The molecule has 0 aliphatic rings. The minimum absolute atomic E-state index is 0.0834. The summed E-state index contributed by atoms with van der Waals surface area (Å²) in [7, 11) is 0. The Morgan fingerprint density at radius 2 is 0.855 bits per heavy atom. The van der Waals surface area contributed by atoms with Crippen LogP contribution in [-0.4, -0.2) is 32.6 Å². The van der Waals surface area contributed by atoms with Gasteiger partial charge in [0.25, 0.3) is 0 Å². The van der Waals surface area contributed by atoms with Crippen molar-refractivity contribution in [3.8, 4) is 23.0 Å². The third-order valence-electron chi connectivity index (χ3n) is 9.46. The molecule has 0 amide bonds. The molecule has 300 valence electrons. The number of benzene rings is 4. The van der Waals surface area contributed by atoms with E-state index in [1.54, 1.807) is 38.1 Å². The standard InChI is InChI=1S/C44H51F7O4/c1-3-52-38-27-21-33(40(45)42(38)47)19-13-31-15-23-36(24-16-31)54-29-9-5-7-11-35(44(49,50)51)12-8-6-10-30-55-37-25-17-32(18-26-37)14-20-34-22-28-39(53-4-2)43(48)41(34)46/h15-18,21-28,35H,3-14,19-20,29-30H2,1-2H3. The Bertz CT molecular complexity index is 1610. The summed E-state index contributed by atoms with van der Waals surface area (Å²) in [4.78, 5) is 0. The van der Waals surface area contributed by atoms with Crippen LogP contribution in [0.3, 0.4) is 0 Å². The van der Waals surface area contributed by atoms with Gasteiger partial charge in [0.2, 0.25) is 11.6 Å². The summed E-state index contributed by atoms with van der Waals surface area (Å²) >= 11 is 0. The summed E-state index contributed by atoms with van der Waals surface area (Å²) in [5, 5.41) is 0. The lowest BCUT2D eigenvalue weighted by Gasteiger charge is -2.20. The number of ether oxygens (including phenoxy) is 4. The van der Waals surface area contributed by atoms with Crippen molar-refractivity contribution in [1.82, 2.24) is 0 Å². The molecule has 11 heteroatoms. The molecule has 0 heterocycles.